The predicted octanol–water partition coefficient (Wildman–Crippen LogP) is -0.739. The zero-order valence-electron chi connectivity index (χ0n) is 3.98. The fourth-order valence-electron chi connectivity index (χ4n) is 0.137. The van der Waals surface area contributed by atoms with Gasteiger partial charge in [-0.1, -0.05) is 0 Å². The van der Waals surface area contributed by atoms with E-state index < -0.39 is 14.4 Å². The van der Waals surface area contributed by atoms with Crippen molar-refractivity contribution >= 4 is 14.0 Å². The number of carbonyl (C=O) groups is 1. The molecule has 5 nitrogen and oxygen atoms in total. The molecule has 0 aliphatic carbocycles. The van der Waals surface area contributed by atoms with Crippen LogP contribution in [0.2, 0.25) is 0 Å². The second kappa shape index (κ2) is 2.94. The minimum Gasteiger partial charge on any atom is -0.313 e. The minimum atomic E-state index is -3.91. The Bertz CT molecular complexity index is 117. The van der Waals surface area contributed by atoms with E-state index in [1.54, 1.807) is 0 Å². The molecule has 0 amide bonds. The molecule has 8 heavy (non-hydrogen) atoms. The maximum Gasteiger partial charge on any atom is 0.400 e. The lowest BCUT2D eigenvalue weighted by Crippen LogP contribution is -1.99. The van der Waals surface area contributed by atoms with E-state index >= 15 is 0 Å². The number of hydrogen-bond acceptors (Lipinski definition) is 3. The van der Waals surface area contributed by atoms with Gasteiger partial charge in [-0.15, -0.1) is 0 Å². The van der Waals surface area contributed by atoms with Gasteiger partial charge in [-0.3, -0.25) is 4.52 Å². The third-order valence-corrected chi connectivity index (χ3v) is 0.847. The molecule has 0 heterocycles. The van der Waals surface area contributed by atoms with Crippen molar-refractivity contribution in [2.45, 2.75) is 0 Å². The standard InChI is InChI=1S/C2H6NO4P/c3-8(5,6)7-2-1-4/h1H,2H2,(H3,3,5,6). The topological polar surface area (TPSA) is 89.6 Å². The number of hydrogen-bond donors (Lipinski definition) is 2. The molecule has 0 fully saturated rings. The third-order valence-electron chi connectivity index (χ3n) is 0.328. The van der Waals surface area contributed by atoms with Crippen LogP contribution in [0.3, 0.4) is 0 Å². The smallest absolute Gasteiger partial charge is 0.313 e. The molecule has 0 aliphatic rings. The van der Waals surface area contributed by atoms with Crippen molar-refractivity contribution in [3.63, 3.8) is 0 Å². The van der Waals surface area contributed by atoms with Crippen molar-refractivity contribution in [3.05, 3.63) is 0 Å². The molecule has 3 N–H and O–H groups in total. The van der Waals surface area contributed by atoms with Crippen LogP contribution in [0.1, 0.15) is 0 Å². The van der Waals surface area contributed by atoms with E-state index in [-0.39, 0.29) is 0 Å². The van der Waals surface area contributed by atoms with Crippen molar-refractivity contribution in [2.24, 2.45) is 5.50 Å². The van der Waals surface area contributed by atoms with Gasteiger partial charge >= 0.3 is 7.75 Å². The highest BCUT2D eigenvalue weighted by molar-refractivity contribution is 7.50. The lowest BCUT2D eigenvalue weighted by Gasteiger charge is -1.99. The first-order valence-electron chi connectivity index (χ1n) is 1.76. The second-order valence-corrected chi connectivity index (χ2v) is 2.41. The summed E-state index contributed by atoms with van der Waals surface area (Å²) in [5.74, 6) is 0. The van der Waals surface area contributed by atoms with Gasteiger partial charge in [-0.05, 0) is 0 Å². The number of carbonyl (C=O) groups excluding carboxylic acids is 1. The predicted molar refractivity (Wildman–Crippen MR) is 26.0 cm³/mol. The third kappa shape index (κ3) is 5.78. The molecule has 0 aromatic rings. The molecular formula is C2H6NO4P. The van der Waals surface area contributed by atoms with E-state index in [1.807, 2.05) is 0 Å². The van der Waals surface area contributed by atoms with Crippen molar-refractivity contribution < 1.29 is 18.8 Å². The van der Waals surface area contributed by atoms with E-state index in [4.69, 9.17) is 4.89 Å². The van der Waals surface area contributed by atoms with Gasteiger partial charge in [0.2, 0.25) is 0 Å². The highest BCUT2D eigenvalue weighted by atomic mass is 31.2. The fourth-order valence-corrected chi connectivity index (χ4v) is 0.412. The minimum absolute atomic E-state index is 0.343. The normalized spacial score (nSPS) is 17.2. The van der Waals surface area contributed by atoms with Gasteiger partial charge in [-0.25, -0.2) is 10.1 Å². The first-order chi connectivity index (χ1) is 3.56. The summed E-state index contributed by atoms with van der Waals surface area (Å²) in [6.07, 6.45) is 0.343. The van der Waals surface area contributed by atoms with Gasteiger partial charge in [0.05, 0.1) is 0 Å². The Morgan fingerprint density at radius 3 is 2.50 bits per heavy atom. The van der Waals surface area contributed by atoms with Crippen LogP contribution in [-0.2, 0) is 13.9 Å². The van der Waals surface area contributed by atoms with Crippen LogP contribution >= 0.6 is 7.75 Å². The van der Waals surface area contributed by atoms with Gasteiger partial charge in [0.25, 0.3) is 0 Å². The molecule has 0 aliphatic heterocycles. The molecule has 0 aromatic carbocycles. The van der Waals surface area contributed by atoms with Crippen LogP contribution in [0.25, 0.3) is 0 Å². The van der Waals surface area contributed by atoms with Crippen molar-refractivity contribution in [1.29, 1.82) is 0 Å². The van der Waals surface area contributed by atoms with Crippen LogP contribution in [0.4, 0.5) is 0 Å². The van der Waals surface area contributed by atoms with Crippen LogP contribution in [0.15, 0.2) is 0 Å². The molecule has 0 saturated heterocycles. The average molecular weight is 139 g/mol. The van der Waals surface area contributed by atoms with Gasteiger partial charge in [-0.2, -0.15) is 0 Å². The zero-order valence-corrected chi connectivity index (χ0v) is 4.88. The number of rotatable bonds is 3. The van der Waals surface area contributed by atoms with Gasteiger partial charge in [0.1, 0.15) is 12.9 Å². The van der Waals surface area contributed by atoms with Gasteiger partial charge < -0.3 is 9.69 Å². The Hall–Kier alpha value is -0.220. The van der Waals surface area contributed by atoms with Crippen LogP contribution < -0.4 is 5.50 Å². The van der Waals surface area contributed by atoms with Crippen molar-refractivity contribution in [2.75, 3.05) is 6.61 Å². The fraction of sp³-hybridized carbons (Fsp3) is 0.500. The van der Waals surface area contributed by atoms with E-state index in [1.165, 1.54) is 0 Å². The van der Waals surface area contributed by atoms with Crippen molar-refractivity contribution in [1.82, 2.24) is 0 Å². The Labute approximate surface area is 46.0 Å². The lowest BCUT2D eigenvalue weighted by molar-refractivity contribution is -0.109. The quantitative estimate of drug-likeness (QED) is 0.397. The van der Waals surface area contributed by atoms with Crippen LogP contribution in [0, 0.1) is 0 Å². The van der Waals surface area contributed by atoms with Crippen molar-refractivity contribution in [3.8, 4) is 0 Å². The summed E-state index contributed by atoms with van der Waals surface area (Å²) >= 11 is 0. The summed E-state index contributed by atoms with van der Waals surface area (Å²) in [5, 5.41) is 0. The average Bonchev–Trinajstić information content (AvgIpc) is 1.59. The Balaban J connectivity index is 3.40. The maximum absolute atomic E-state index is 9.93. The molecule has 0 aromatic heterocycles. The second-order valence-electron chi connectivity index (χ2n) is 1.03. The summed E-state index contributed by atoms with van der Waals surface area (Å²) in [5.41, 5.74) is 4.45. The van der Waals surface area contributed by atoms with E-state index in [0.717, 1.165) is 0 Å². The molecule has 0 rings (SSSR count). The molecule has 1 unspecified atom stereocenters. The Kier molecular flexibility index (Phi) is 2.86. The van der Waals surface area contributed by atoms with Gasteiger partial charge in [0, 0.05) is 0 Å². The van der Waals surface area contributed by atoms with Crippen LogP contribution in [0.5, 0.6) is 0 Å². The monoisotopic (exact) mass is 139 g/mol. The molecule has 48 valence electrons. The molecule has 0 spiro atoms. The highest BCUT2D eigenvalue weighted by Gasteiger charge is 2.08. The largest absolute Gasteiger partial charge is 0.400 e. The molecule has 1 atom stereocenters. The summed E-state index contributed by atoms with van der Waals surface area (Å²) in [6.45, 7) is -0.440. The Morgan fingerprint density at radius 1 is 1.88 bits per heavy atom. The maximum atomic E-state index is 9.93. The Morgan fingerprint density at radius 2 is 2.38 bits per heavy atom. The van der Waals surface area contributed by atoms with E-state index in [9.17, 15) is 9.36 Å². The zero-order chi connectivity index (χ0) is 6.62. The number of aldehydes is 1. The van der Waals surface area contributed by atoms with E-state index in [0.29, 0.717) is 6.29 Å². The summed E-state index contributed by atoms with van der Waals surface area (Å²) in [7, 11) is -3.91. The van der Waals surface area contributed by atoms with Crippen LogP contribution in [-0.4, -0.2) is 17.8 Å². The van der Waals surface area contributed by atoms with E-state index in [2.05, 4.69) is 10.0 Å². The molecule has 0 saturated carbocycles. The number of nitrogens with two attached hydrogens (primary N) is 1. The lowest BCUT2D eigenvalue weighted by atomic mass is 10.9. The molecule has 0 radical (unpaired) electrons. The first-order valence-corrected chi connectivity index (χ1v) is 3.40. The molecule has 0 bridgehead atoms. The summed E-state index contributed by atoms with van der Waals surface area (Å²) in [4.78, 5) is 17.5. The molecular weight excluding hydrogens is 133 g/mol. The highest BCUT2D eigenvalue weighted by Crippen LogP contribution is 2.29. The first kappa shape index (κ1) is 7.78. The van der Waals surface area contributed by atoms with Gasteiger partial charge in [0.15, 0.2) is 0 Å². The summed E-state index contributed by atoms with van der Waals surface area (Å²) in [6, 6.07) is 0. The summed E-state index contributed by atoms with van der Waals surface area (Å²) < 4.78 is 13.8. The SMILES string of the molecule is NP(=O)(O)OCC=O. The molecule has 6 heteroatoms.